The van der Waals surface area contributed by atoms with Gasteiger partial charge < -0.3 is 15.3 Å². The van der Waals surface area contributed by atoms with Crippen LogP contribution < -0.4 is 10.2 Å². The summed E-state index contributed by atoms with van der Waals surface area (Å²) >= 11 is 0. The molecule has 6 heteroatoms. The van der Waals surface area contributed by atoms with Gasteiger partial charge >= 0.3 is 0 Å². The third-order valence-corrected chi connectivity index (χ3v) is 6.31. The molecule has 0 spiro atoms. The summed E-state index contributed by atoms with van der Waals surface area (Å²) in [5.41, 5.74) is 3.02. The van der Waals surface area contributed by atoms with Crippen molar-refractivity contribution in [1.82, 2.24) is 4.98 Å². The molecule has 1 atom stereocenters. The Morgan fingerprint density at radius 3 is 2.41 bits per heavy atom. The molecule has 0 fully saturated rings. The van der Waals surface area contributed by atoms with E-state index in [-0.39, 0.29) is 30.1 Å². The van der Waals surface area contributed by atoms with Crippen LogP contribution in [0.5, 0.6) is 5.75 Å². The number of phenols is 1. The minimum Gasteiger partial charge on any atom is -0.508 e. The largest absolute Gasteiger partial charge is 0.508 e. The van der Waals surface area contributed by atoms with Crippen LogP contribution >= 0.6 is 0 Å². The SMILES string of the molecule is C[C@H](Nc1cc(N(Cc2ccc(F)cc2)C(=O)c2ccc3ccccc3c2)ccn1)c1ccc(O)cc1. The highest BCUT2D eigenvalue weighted by Crippen LogP contribution is 2.26. The zero-order valence-electron chi connectivity index (χ0n) is 20.3. The predicted octanol–water partition coefficient (Wildman–Crippen LogP) is 7.10. The van der Waals surface area contributed by atoms with Gasteiger partial charge in [-0.2, -0.15) is 0 Å². The maximum atomic E-state index is 13.8. The molecule has 5 rings (SSSR count). The van der Waals surface area contributed by atoms with E-state index in [1.54, 1.807) is 41.4 Å². The second kappa shape index (κ2) is 10.5. The van der Waals surface area contributed by atoms with Crippen molar-refractivity contribution in [2.24, 2.45) is 0 Å². The number of nitrogens with zero attached hydrogens (tertiary/aromatic N) is 2. The van der Waals surface area contributed by atoms with Gasteiger partial charge in [0, 0.05) is 29.6 Å². The summed E-state index contributed by atoms with van der Waals surface area (Å²) < 4.78 is 13.5. The summed E-state index contributed by atoms with van der Waals surface area (Å²) in [5.74, 6) is 0.321. The van der Waals surface area contributed by atoms with Gasteiger partial charge in [0.05, 0.1) is 6.54 Å². The summed E-state index contributed by atoms with van der Waals surface area (Å²) in [5, 5.41) is 15.0. The number of anilines is 2. The Morgan fingerprint density at radius 1 is 0.919 bits per heavy atom. The second-order valence-electron chi connectivity index (χ2n) is 8.94. The van der Waals surface area contributed by atoms with Crippen LogP contribution in [-0.2, 0) is 6.54 Å². The van der Waals surface area contributed by atoms with Crippen LogP contribution in [0.1, 0.15) is 34.5 Å². The minimum atomic E-state index is -0.324. The number of amides is 1. The maximum Gasteiger partial charge on any atom is 0.258 e. The predicted molar refractivity (Wildman–Crippen MR) is 145 cm³/mol. The molecule has 0 aliphatic carbocycles. The van der Waals surface area contributed by atoms with Gasteiger partial charge in [-0.05, 0) is 71.3 Å². The highest BCUT2D eigenvalue weighted by molar-refractivity contribution is 6.08. The molecule has 5 aromatic rings. The molecule has 0 saturated carbocycles. The number of hydrogen-bond donors (Lipinski definition) is 2. The monoisotopic (exact) mass is 491 g/mol. The van der Waals surface area contributed by atoms with Crippen LogP contribution in [-0.4, -0.2) is 16.0 Å². The fraction of sp³-hybridized carbons (Fsp3) is 0.0968. The summed E-state index contributed by atoms with van der Waals surface area (Å²) in [6, 6.07) is 30.3. The van der Waals surface area contributed by atoms with Gasteiger partial charge in [0.2, 0.25) is 0 Å². The number of halogens is 1. The number of phenolic OH excluding ortho intramolecular Hbond substituents is 1. The Hall–Kier alpha value is -4.71. The maximum absolute atomic E-state index is 13.8. The third kappa shape index (κ3) is 5.59. The molecule has 0 aliphatic rings. The third-order valence-electron chi connectivity index (χ3n) is 6.31. The van der Waals surface area contributed by atoms with Crippen molar-refractivity contribution in [3.05, 3.63) is 132 Å². The number of rotatable bonds is 7. The molecule has 4 aromatic carbocycles. The highest BCUT2D eigenvalue weighted by Gasteiger charge is 2.20. The average molecular weight is 492 g/mol. The van der Waals surface area contributed by atoms with Crippen LogP contribution in [0.15, 0.2) is 109 Å². The Balaban J connectivity index is 1.47. The van der Waals surface area contributed by atoms with E-state index in [9.17, 15) is 14.3 Å². The topological polar surface area (TPSA) is 65.5 Å². The molecule has 184 valence electrons. The second-order valence-corrected chi connectivity index (χ2v) is 8.94. The van der Waals surface area contributed by atoms with Gasteiger partial charge in [-0.25, -0.2) is 9.37 Å². The van der Waals surface area contributed by atoms with E-state index in [0.29, 0.717) is 17.1 Å². The number of aromatic hydroxyl groups is 1. The van der Waals surface area contributed by atoms with Crippen LogP contribution in [0.2, 0.25) is 0 Å². The quantitative estimate of drug-likeness (QED) is 0.255. The molecule has 0 saturated heterocycles. The summed E-state index contributed by atoms with van der Waals surface area (Å²) in [6.45, 7) is 2.26. The Kier molecular flexibility index (Phi) is 6.81. The zero-order valence-corrected chi connectivity index (χ0v) is 20.3. The number of carbonyl (C=O) groups excluding carboxylic acids is 1. The molecular weight excluding hydrogens is 465 g/mol. The Labute approximate surface area is 214 Å². The molecule has 1 aromatic heterocycles. The normalized spacial score (nSPS) is 11.7. The van der Waals surface area contributed by atoms with Crippen molar-refractivity contribution in [2.45, 2.75) is 19.5 Å². The molecule has 1 amide bonds. The number of hydrogen-bond acceptors (Lipinski definition) is 4. The molecule has 1 heterocycles. The number of fused-ring (bicyclic) bond motifs is 1. The van der Waals surface area contributed by atoms with Crippen LogP contribution in [0, 0.1) is 5.82 Å². The van der Waals surface area contributed by atoms with Gasteiger partial charge in [-0.3, -0.25) is 4.79 Å². The van der Waals surface area contributed by atoms with Gasteiger partial charge in [-0.1, -0.05) is 54.6 Å². The van der Waals surface area contributed by atoms with Gasteiger partial charge in [0.25, 0.3) is 5.91 Å². The minimum absolute atomic E-state index is 0.0786. The average Bonchev–Trinajstić information content (AvgIpc) is 2.92. The van der Waals surface area contributed by atoms with Gasteiger partial charge in [0.1, 0.15) is 17.4 Å². The zero-order chi connectivity index (χ0) is 25.8. The highest BCUT2D eigenvalue weighted by atomic mass is 19.1. The number of carbonyl (C=O) groups is 1. The van der Waals surface area contributed by atoms with E-state index in [4.69, 9.17) is 0 Å². The van der Waals surface area contributed by atoms with Gasteiger partial charge in [0.15, 0.2) is 0 Å². The van der Waals surface area contributed by atoms with Crippen molar-refractivity contribution in [1.29, 1.82) is 0 Å². The van der Waals surface area contributed by atoms with E-state index in [1.807, 2.05) is 67.6 Å². The molecule has 5 nitrogen and oxygen atoms in total. The summed E-state index contributed by atoms with van der Waals surface area (Å²) in [6.07, 6.45) is 1.66. The van der Waals surface area contributed by atoms with Crippen molar-refractivity contribution in [2.75, 3.05) is 10.2 Å². The number of aromatic nitrogens is 1. The Bertz CT molecular complexity index is 1540. The molecule has 0 radical (unpaired) electrons. The number of benzene rings is 4. The first-order valence-corrected chi connectivity index (χ1v) is 12.0. The lowest BCUT2D eigenvalue weighted by atomic mass is 10.1. The Morgan fingerprint density at radius 2 is 1.65 bits per heavy atom. The van der Waals surface area contributed by atoms with Crippen LogP contribution in [0.4, 0.5) is 15.9 Å². The fourth-order valence-electron chi connectivity index (χ4n) is 4.27. The molecule has 0 unspecified atom stereocenters. The lowest BCUT2D eigenvalue weighted by Crippen LogP contribution is -2.30. The first kappa shape index (κ1) is 24.0. The first-order valence-electron chi connectivity index (χ1n) is 12.0. The molecule has 0 aliphatic heterocycles. The van der Waals surface area contributed by atoms with Gasteiger partial charge in [-0.15, -0.1) is 0 Å². The van der Waals surface area contributed by atoms with E-state index in [1.165, 1.54) is 12.1 Å². The lowest BCUT2D eigenvalue weighted by Gasteiger charge is -2.24. The summed E-state index contributed by atoms with van der Waals surface area (Å²) in [4.78, 5) is 20.0. The summed E-state index contributed by atoms with van der Waals surface area (Å²) in [7, 11) is 0. The molecular formula is C31H26FN3O2. The van der Waals surface area contributed by atoms with E-state index >= 15 is 0 Å². The number of nitrogens with one attached hydrogen (secondary N) is 1. The van der Waals surface area contributed by atoms with E-state index in [2.05, 4.69) is 10.3 Å². The smallest absolute Gasteiger partial charge is 0.258 e. The van der Waals surface area contributed by atoms with Crippen molar-refractivity contribution in [3.63, 3.8) is 0 Å². The van der Waals surface area contributed by atoms with E-state index < -0.39 is 0 Å². The first-order chi connectivity index (χ1) is 18.0. The molecule has 37 heavy (non-hydrogen) atoms. The van der Waals surface area contributed by atoms with E-state index in [0.717, 1.165) is 21.9 Å². The number of pyridine rings is 1. The van der Waals surface area contributed by atoms with Crippen molar-refractivity contribution in [3.8, 4) is 5.75 Å². The van der Waals surface area contributed by atoms with Crippen LogP contribution in [0.3, 0.4) is 0 Å². The van der Waals surface area contributed by atoms with Crippen LogP contribution in [0.25, 0.3) is 10.8 Å². The van der Waals surface area contributed by atoms with Crippen molar-refractivity contribution < 1.29 is 14.3 Å². The molecule has 0 bridgehead atoms. The van der Waals surface area contributed by atoms with Crippen molar-refractivity contribution >= 4 is 28.2 Å². The fourth-order valence-corrected chi connectivity index (χ4v) is 4.27. The standard InChI is InChI=1S/C31H26FN3O2/c1-21(23-10-14-29(36)15-11-23)34-30-19-28(16-17-33-30)35(20-22-6-12-27(32)13-7-22)31(37)26-9-8-24-4-2-3-5-25(24)18-26/h2-19,21,36H,20H2,1H3,(H,33,34)/t21-/m0/s1. The lowest BCUT2D eigenvalue weighted by molar-refractivity contribution is 0.0985. The molecule has 2 N–H and O–H groups in total.